The van der Waals surface area contributed by atoms with Gasteiger partial charge in [-0.25, -0.2) is 0 Å². The van der Waals surface area contributed by atoms with Crippen molar-refractivity contribution in [3.8, 4) is 0 Å². The van der Waals surface area contributed by atoms with Gasteiger partial charge in [-0.05, 0) is 43.5 Å². The van der Waals surface area contributed by atoms with Crippen LogP contribution in [0.15, 0.2) is 28.7 Å². The predicted molar refractivity (Wildman–Crippen MR) is 95.4 cm³/mol. The Balaban J connectivity index is 1.50. The Bertz CT molecular complexity index is 585. The summed E-state index contributed by atoms with van der Waals surface area (Å²) in [5.41, 5.74) is 0.723. The summed E-state index contributed by atoms with van der Waals surface area (Å²) in [5.74, 6) is 0.0459. The Kier molecular flexibility index (Phi) is 7.24. The zero-order chi connectivity index (χ0) is 17.4. The van der Waals surface area contributed by atoms with Crippen LogP contribution in [0, 0.1) is 5.92 Å². The third-order valence-electron chi connectivity index (χ3n) is 3.63. The van der Waals surface area contributed by atoms with Crippen LogP contribution >= 0.6 is 15.9 Å². The van der Waals surface area contributed by atoms with Crippen LogP contribution in [0.4, 0.5) is 5.69 Å². The van der Waals surface area contributed by atoms with Crippen molar-refractivity contribution in [3.05, 3.63) is 28.7 Å². The zero-order valence-electron chi connectivity index (χ0n) is 13.4. The molecule has 0 unspecified atom stereocenters. The van der Waals surface area contributed by atoms with Gasteiger partial charge in [-0.2, -0.15) is 0 Å². The SMILES string of the molecule is O=C(CCCNC(=O)C1CC1)NCCC(=O)Nc1ccc(Br)cc1. The van der Waals surface area contributed by atoms with Gasteiger partial charge in [-0.15, -0.1) is 0 Å². The molecular formula is C17H22BrN3O3. The van der Waals surface area contributed by atoms with Crippen molar-refractivity contribution in [3.63, 3.8) is 0 Å². The third kappa shape index (κ3) is 7.12. The number of halogens is 1. The molecule has 1 aliphatic carbocycles. The molecule has 130 valence electrons. The molecule has 0 heterocycles. The van der Waals surface area contributed by atoms with Gasteiger partial charge in [0.15, 0.2) is 0 Å². The number of benzene rings is 1. The molecule has 1 aliphatic rings. The summed E-state index contributed by atoms with van der Waals surface area (Å²) in [5, 5.41) is 8.30. The van der Waals surface area contributed by atoms with Crippen molar-refractivity contribution in [1.82, 2.24) is 10.6 Å². The number of hydrogen-bond acceptors (Lipinski definition) is 3. The highest BCUT2D eigenvalue weighted by atomic mass is 79.9. The molecule has 1 aromatic rings. The van der Waals surface area contributed by atoms with E-state index in [1.54, 1.807) is 12.1 Å². The van der Waals surface area contributed by atoms with Gasteiger partial charge in [0.2, 0.25) is 17.7 Å². The van der Waals surface area contributed by atoms with Crippen LogP contribution < -0.4 is 16.0 Å². The summed E-state index contributed by atoms with van der Waals surface area (Å²) < 4.78 is 0.945. The number of carbonyl (C=O) groups excluding carboxylic acids is 3. The van der Waals surface area contributed by atoms with E-state index in [0.717, 1.165) is 23.0 Å². The van der Waals surface area contributed by atoms with Crippen LogP contribution in [-0.2, 0) is 14.4 Å². The van der Waals surface area contributed by atoms with Gasteiger partial charge < -0.3 is 16.0 Å². The van der Waals surface area contributed by atoms with Crippen LogP contribution in [0.1, 0.15) is 32.1 Å². The first kappa shape index (κ1) is 18.4. The normalized spacial score (nSPS) is 13.2. The first-order chi connectivity index (χ1) is 11.5. The summed E-state index contributed by atoms with van der Waals surface area (Å²) in [7, 11) is 0. The maximum absolute atomic E-state index is 11.8. The minimum Gasteiger partial charge on any atom is -0.356 e. The van der Waals surface area contributed by atoms with Crippen molar-refractivity contribution in [2.45, 2.75) is 32.1 Å². The largest absolute Gasteiger partial charge is 0.356 e. The number of anilines is 1. The topological polar surface area (TPSA) is 87.3 Å². The number of hydrogen-bond donors (Lipinski definition) is 3. The molecule has 1 saturated carbocycles. The van der Waals surface area contributed by atoms with E-state index in [9.17, 15) is 14.4 Å². The summed E-state index contributed by atoms with van der Waals surface area (Å²) in [4.78, 5) is 34.8. The second-order valence-corrected chi connectivity index (χ2v) is 6.74. The highest BCUT2D eigenvalue weighted by molar-refractivity contribution is 9.10. The van der Waals surface area contributed by atoms with Gasteiger partial charge in [0.05, 0.1) is 0 Å². The maximum Gasteiger partial charge on any atom is 0.226 e. The van der Waals surface area contributed by atoms with E-state index in [4.69, 9.17) is 0 Å². The monoisotopic (exact) mass is 395 g/mol. The lowest BCUT2D eigenvalue weighted by molar-refractivity contribution is -0.123. The summed E-state index contributed by atoms with van der Waals surface area (Å²) >= 11 is 3.33. The quantitative estimate of drug-likeness (QED) is 0.560. The van der Waals surface area contributed by atoms with Gasteiger partial charge in [-0.1, -0.05) is 15.9 Å². The molecule has 6 nitrogen and oxygen atoms in total. The standard InChI is InChI=1S/C17H22BrN3O3/c18-13-5-7-14(8-6-13)21-16(23)9-11-19-15(22)2-1-10-20-17(24)12-3-4-12/h5-8,12H,1-4,9-11H2,(H,19,22)(H,20,24)(H,21,23). The number of amides is 3. The molecule has 0 bridgehead atoms. The predicted octanol–water partition coefficient (Wildman–Crippen LogP) is 2.20. The number of carbonyl (C=O) groups is 3. The Morgan fingerprint density at radius 2 is 1.67 bits per heavy atom. The molecule has 0 atom stereocenters. The van der Waals surface area contributed by atoms with Gasteiger partial charge in [-0.3, -0.25) is 14.4 Å². The van der Waals surface area contributed by atoms with E-state index < -0.39 is 0 Å². The van der Waals surface area contributed by atoms with E-state index in [0.29, 0.717) is 25.9 Å². The molecule has 0 radical (unpaired) electrons. The van der Waals surface area contributed by atoms with Crippen LogP contribution in [0.25, 0.3) is 0 Å². The van der Waals surface area contributed by atoms with Gasteiger partial charge >= 0.3 is 0 Å². The van der Waals surface area contributed by atoms with Crippen LogP contribution in [-0.4, -0.2) is 30.8 Å². The van der Waals surface area contributed by atoms with Crippen LogP contribution in [0.3, 0.4) is 0 Å². The molecule has 1 aromatic carbocycles. The number of rotatable bonds is 9. The molecule has 24 heavy (non-hydrogen) atoms. The highest BCUT2D eigenvalue weighted by Gasteiger charge is 2.28. The average molecular weight is 396 g/mol. The molecule has 1 fully saturated rings. The molecule has 3 N–H and O–H groups in total. The fourth-order valence-electron chi connectivity index (χ4n) is 2.11. The minimum absolute atomic E-state index is 0.0972. The number of nitrogens with one attached hydrogen (secondary N) is 3. The smallest absolute Gasteiger partial charge is 0.226 e. The molecule has 3 amide bonds. The Labute approximate surface area is 149 Å². The molecule has 7 heteroatoms. The first-order valence-corrected chi connectivity index (χ1v) is 8.94. The lowest BCUT2D eigenvalue weighted by atomic mass is 10.2. The van der Waals surface area contributed by atoms with E-state index in [1.165, 1.54) is 0 Å². The minimum atomic E-state index is -0.144. The van der Waals surface area contributed by atoms with Gasteiger partial charge in [0.25, 0.3) is 0 Å². The Hall–Kier alpha value is -1.89. The van der Waals surface area contributed by atoms with Crippen LogP contribution in [0.2, 0.25) is 0 Å². The fraction of sp³-hybridized carbons (Fsp3) is 0.471. The molecule has 0 aromatic heterocycles. The van der Waals surface area contributed by atoms with Crippen LogP contribution in [0.5, 0.6) is 0 Å². The van der Waals surface area contributed by atoms with E-state index in [1.807, 2.05) is 12.1 Å². The van der Waals surface area contributed by atoms with Gasteiger partial charge in [0, 0.05) is 42.0 Å². The van der Waals surface area contributed by atoms with Crippen molar-refractivity contribution in [2.75, 3.05) is 18.4 Å². The second-order valence-electron chi connectivity index (χ2n) is 5.82. The van der Waals surface area contributed by atoms with E-state index in [2.05, 4.69) is 31.9 Å². The molecular weight excluding hydrogens is 374 g/mol. The first-order valence-electron chi connectivity index (χ1n) is 8.14. The maximum atomic E-state index is 11.8. The lowest BCUT2D eigenvalue weighted by Crippen LogP contribution is -2.29. The summed E-state index contributed by atoms with van der Waals surface area (Å²) in [6.45, 7) is 0.822. The van der Waals surface area contributed by atoms with E-state index >= 15 is 0 Å². The average Bonchev–Trinajstić information content (AvgIpc) is 3.38. The molecule has 0 spiro atoms. The Morgan fingerprint density at radius 3 is 2.33 bits per heavy atom. The van der Waals surface area contributed by atoms with Gasteiger partial charge in [0.1, 0.15) is 0 Å². The lowest BCUT2D eigenvalue weighted by Gasteiger charge is -2.07. The summed E-state index contributed by atoms with van der Waals surface area (Å²) in [6.07, 6.45) is 3.14. The fourth-order valence-corrected chi connectivity index (χ4v) is 2.38. The van der Waals surface area contributed by atoms with Crippen molar-refractivity contribution < 1.29 is 14.4 Å². The Morgan fingerprint density at radius 1 is 0.958 bits per heavy atom. The zero-order valence-corrected chi connectivity index (χ0v) is 15.0. The molecule has 2 rings (SSSR count). The van der Waals surface area contributed by atoms with Crippen molar-refractivity contribution in [2.24, 2.45) is 5.92 Å². The van der Waals surface area contributed by atoms with E-state index in [-0.39, 0.29) is 30.1 Å². The van der Waals surface area contributed by atoms with Crippen molar-refractivity contribution in [1.29, 1.82) is 0 Å². The summed E-state index contributed by atoms with van der Waals surface area (Å²) in [6, 6.07) is 7.30. The second kappa shape index (κ2) is 9.42. The molecule has 0 saturated heterocycles. The highest BCUT2D eigenvalue weighted by Crippen LogP contribution is 2.28. The third-order valence-corrected chi connectivity index (χ3v) is 4.16. The molecule has 0 aliphatic heterocycles. The van der Waals surface area contributed by atoms with Crippen molar-refractivity contribution >= 4 is 39.3 Å².